The molecule has 2 aromatic rings. The fourth-order valence-electron chi connectivity index (χ4n) is 1.55. The lowest BCUT2D eigenvalue weighted by atomic mass is 10.0. The predicted molar refractivity (Wildman–Crippen MR) is 81.2 cm³/mol. The summed E-state index contributed by atoms with van der Waals surface area (Å²) in [5.74, 6) is -0.259. The van der Waals surface area contributed by atoms with Crippen LogP contribution < -0.4 is 5.73 Å². The van der Waals surface area contributed by atoms with Gasteiger partial charge in [0.05, 0.1) is 0 Å². The number of aromatic nitrogens is 1. The van der Waals surface area contributed by atoms with Crippen molar-refractivity contribution < 1.29 is 9.18 Å². The highest BCUT2D eigenvalue weighted by Crippen LogP contribution is 2.24. The fourth-order valence-corrected chi connectivity index (χ4v) is 1.55. The van der Waals surface area contributed by atoms with Gasteiger partial charge in [-0.05, 0) is 37.2 Å². The van der Waals surface area contributed by atoms with Crippen LogP contribution in [0.25, 0.3) is 11.1 Å². The second-order valence-corrected chi connectivity index (χ2v) is 3.52. The average Bonchev–Trinajstić information content (AvgIpc) is 2.54. The van der Waals surface area contributed by atoms with Gasteiger partial charge in [-0.2, -0.15) is 0 Å². The number of carbonyl (C=O) groups excluding carboxylic acids is 1. The number of rotatable bonds is 2. The van der Waals surface area contributed by atoms with Crippen molar-refractivity contribution >= 4 is 6.29 Å². The summed E-state index contributed by atoms with van der Waals surface area (Å²) in [5, 5.41) is 0. The van der Waals surface area contributed by atoms with Crippen molar-refractivity contribution in [2.24, 2.45) is 5.73 Å². The lowest BCUT2D eigenvalue weighted by Gasteiger charge is -2.05. The van der Waals surface area contributed by atoms with Crippen LogP contribution in [-0.4, -0.2) is 18.3 Å². The molecule has 0 radical (unpaired) electrons. The fraction of sp³-hybridized carbons (Fsp3) is 0.250. The van der Waals surface area contributed by atoms with E-state index in [1.807, 2.05) is 13.8 Å². The number of halogens is 1. The Balaban J connectivity index is 0.000000829. The second-order valence-electron chi connectivity index (χ2n) is 3.52. The smallest absolute Gasteiger partial charge is 0.168 e. The number of aryl methyl sites for hydroxylation is 1. The molecule has 0 aliphatic heterocycles. The molecule has 2 N–H and O–H groups in total. The largest absolute Gasteiger partial charge is 0.333 e. The maximum atomic E-state index is 13.8. The molecule has 4 heteroatoms. The first-order valence-corrected chi connectivity index (χ1v) is 6.47. The van der Waals surface area contributed by atoms with E-state index in [-0.39, 0.29) is 5.82 Å². The highest BCUT2D eigenvalue weighted by atomic mass is 19.1. The van der Waals surface area contributed by atoms with E-state index >= 15 is 0 Å². The topological polar surface area (TPSA) is 56.0 Å². The van der Waals surface area contributed by atoms with Gasteiger partial charge in [0.1, 0.15) is 11.5 Å². The highest BCUT2D eigenvalue weighted by Gasteiger charge is 2.07. The lowest BCUT2D eigenvalue weighted by Crippen LogP contribution is -1.91. The van der Waals surface area contributed by atoms with Gasteiger partial charge in [-0.3, -0.25) is 9.78 Å². The average molecular weight is 276 g/mol. The Kier molecular flexibility index (Phi) is 8.79. The molecule has 3 nitrogen and oxygen atoms in total. The summed E-state index contributed by atoms with van der Waals surface area (Å²) in [7, 11) is 1.50. The Morgan fingerprint density at radius 3 is 2.45 bits per heavy atom. The number of nitrogens with two attached hydrogens (primary N) is 1. The minimum atomic E-state index is -0.259. The molecule has 0 saturated heterocycles. The molecule has 0 amide bonds. The second kappa shape index (κ2) is 9.81. The minimum Gasteiger partial charge on any atom is -0.333 e. The molecule has 0 saturated carbocycles. The van der Waals surface area contributed by atoms with Gasteiger partial charge in [0.25, 0.3) is 0 Å². The molecule has 20 heavy (non-hydrogen) atoms. The molecule has 1 aromatic heterocycles. The van der Waals surface area contributed by atoms with E-state index in [1.54, 1.807) is 37.3 Å². The van der Waals surface area contributed by atoms with E-state index in [4.69, 9.17) is 0 Å². The van der Waals surface area contributed by atoms with Gasteiger partial charge in [0.2, 0.25) is 0 Å². The highest BCUT2D eigenvalue weighted by molar-refractivity contribution is 5.76. The van der Waals surface area contributed by atoms with Gasteiger partial charge < -0.3 is 5.73 Å². The molecule has 0 bridgehead atoms. The first-order valence-electron chi connectivity index (χ1n) is 6.47. The normalized spacial score (nSPS) is 8.70. The summed E-state index contributed by atoms with van der Waals surface area (Å²) in [5.41, 5.74) is 6.55. The minimum absolute atomic E-state index is 0.259. The van der Waals surface area contributed by atoms with Crippen LogP contribution in [-0.2, 0) is 0 Å². The Labute approximate surface area is 119 Å². The zero-order valence-corrected chi connectivity index (χ0v) is 12.4. The number of hydrogen-bond acceptors (Lipinski definition) is 3. The molecule has 108 valence electrons. The quantitative estimate of drug-likeness (QED) is 0.852. The van der Waals surface area contributed by atoms with Crippen LogP contribution in [0, 0.1) is 12.7 Å². The summed E-state index contributed by atoms with van der Waals surface area (Å²) in [6.45, 7) is 5.71. The summed E-state index contributed by atoms with van der Waals surface area (Å²) in [6.07, 6.45) is 2.15. The van der Waals surface area contributed by atoms with Crippen molar-refractivity contribution in [2.75, 3.05) is 7.05 Å². The molecule has 0 fully saturated rings. The molecular formula is C16H21FN2O. The van der Waals surface area contributed by atoms with Gasteiger partial charge >= 0.3 is 0 Å². The lowest BCUT2D eigenvalue weighted by molar-refractivity contribution is 0.111. The van der Waals surface area contributed by atoms with Crippen LogP contribution in [0.3, 0.4) is 0 Å². The summed E-state index contributed by atoms with van der Waals surface area (Å²) in [4.78, 5) is 14.4. The van der Waals surface area contributed by atoms with Crippen molar-refractivity contribution in [3.63, 3.8) is 0 Å². The van der Waals surface area contributed by atoms with E-state index < -0.39 is 0 Å². The maximum absolute atomic E-state index is 13.8. The van der Waals surface area contributed by atoms with Crippen LogP contribution in [0.2, 0.25) is 0 Å². The summed E-state index contributed by atoms with van der Waals surface area (Å²) < 4.78 is 13.8. The summed E-state index contributed by atoms with van der Waals surface area (Å²) in [6, 6.07) is 8.44. The number of hydrogen-bond donors (Lipinski definition) is 1. The monoisotopic (exact) mass is 276 g/mol. The standard InChI is InChI=1S/C13H10FNO.C2H6.CH5N/c1-9-3-2-4-12(13(9)14)10-5-6-15-11(7-10)8-16;2*1-2/h2-8H,1H3;1-2H3;2H2,1H3. The van der Waals surface area contributed by atoms with Crippen LogP contribution in [0.4, 0.5) is 4.39 Å². The van der Waals surface area contributed by atoms with Crippen LogP contribution in [0.15, 0.2) is 36.5 Å². The number of nitrogens with zero attached hydrogens (tertiary/aromatic N) is 1. The number of pyridine rings is 1. The van der Waals surface area contributed by atoms with Gasteiger partial charge in [-0.15, -0.1) is 0 Å². The Hall–Kier alpha value is -2.07. The number of aldehydes is 1. The van der Waals surface area contributed by atoms with Crippen molar-refractivity contribution in [2.45, 2.75) is 20.8 Å². The third-order valence-corrected chi connectivity index (χ3v) is 2.40. The molecule has 1 heterocycles. The number of carbonyl (C=O) groups is 1. The maximum Gasteiger partial charge on any atom is 0.168 e. The molecule has 0 atom stereocenters. The van der Waals surface area contributed by atoms with E-state index in [0.29, 0.717) is 28.7 Å². The van der Waals surface area contributed by atoms with Crippen LogP contribution >= 0.6 is 0 Å². The Morgan fingerprint density at radius 2 is 1.85 bits per heavy atom. The predicted octanol–water partition coefficient (Wildman–Crippen LogP) is 3.61. The third kappa shape index (κ3) is 4.55. The van der Waals surface area contributed by atoms with Gasteiger partial charge in [0.15, 0.2) is 6.29 Å². The third-order valence-electron chi connectivity index (χ3n) is 2.40. The first kappa shape index (κ1) is 17.9. The Bertz CT molecular complexity index is 542. The molecule has 0 spiro atoms. The summed E-state index contributed by atoms with van der Waals surface area (Å²) >= 11 is 0. The van der Waals surface area contributed by atoms with Gasteiger partial charge in [0, 0.05) is 11.8 Å². The van der Waals surface area contributed by atoms with E-state index in [2.05, 4.69) is 10.7 Å². The zero-order valence-electron chi connectivity index (χ0n) is 12.4. The Morgan fingerprint density at radius 1 is 1.20 bits per heavy atom. The van der Waals surface area contributed by atoms with Gasteiger partial charge in [-0.1, -0.05) is 32.0 Å². The van der Waals surface area contributed by atoms with Crippen molar-refractivity contribution in [3.05, 3.63) is 53.6 Å². The van der Waals surface area contributed by atoms with E-state index in [9.17, 15) is 9.18 Å². The first-order chi connectivity index (χ1) is 9.72. The zero-order chi connectivity index (χ0) is 15.5. The molecule has 0 aliphatic rings. The van der Waals surface area contributed by atoms with Crippen molar-refractivity contribution in [1.29, 1.82) is 0 Å². The number of benzene rings is 1. The van der Waals surface area contributed by atoms with E-state index in [0.717, 1.165) is 0 Å². The molecular weight excluding hydrogens is 255 g/mol. The van der Waals surface area contributed by atoms with Gasteiger partial charge in [-0.25, -0.2) is 4.39 Å². The SMILES string of the molecule is CC.CN.Cc1cccc(-c2ccnc(C=O)c2)c1F. The molecule has 1 aromatic carbocycles. The van der Waals surface area contributed by atoms with E-state index in [1.165, 1.54) is 13.2 Å². The molecule has 2 rings (SSSR count). The molecule has 0 aliphatic carbocycles. The van der Waals surface area contributed by atoms with Crippen LogP contribution in [0.1, 0.15) is 29.9 Å². The molecule has 0 unspecified atom stereocenters. The van der Waals surface area contributed by atoms with Crippen LogP contribution in [0.5, 0.6) is 0 Å². The van der Waals surface area contributed by atoms with Crippen molar-refractivity contribution in [1.82, 2.24) is 4.98 Å². The van der Waals surface area contributed by atoms with Crippen molar-refractivity contribution in [3.8, 4) is 11.1 Å².